The minimum atomic E-state index is -1.01. The predicted octanol–water partition coefficient (Wildman–Crippen LogP) is 2.68. The van der Waals surface area contributed by atoms with E-state index in [1.807, 2.05) is 24.3 Å². The van der Waals surface area contributed by atoms with E-state index in [2.05, 4.69) is 40.5 Å². The fraction of sp³-hybridized carbons (Fsp3) is 0.324. The van der Waals surface area contributed by atoms with Crippen molar-refractivity contribution in [3.63, 3.8) is 0 Å². The van der Waals surface area contributed by atoms with E-state index < -0.39 is 29.7 Å². The average Bonchev–Trinajstić information content (AvgIpc) is 3.72. The molecule has 7 heterocycles. The lowest BCUT2D eigenvalue weighted by molar-refractivity contribution is -0.136. The summed E-state index contributed by atoms with van der Waals surface area (Å²) in [5, 5.41) is 10.1. The summed E-state index contributed by atoms with van der Waals surface area (Å²) < 4.78 is 7.76. The Morgan fingerprint density at radius 2 is 1.69 bits per heavy atom. The zero-order valence-corrected chi connectivity index (χ0v) is 29.3. The number of piperazine rings is 1. The van der Waals surface area contributed by atoms with Gasteiger partial charge in [0.1, 0.15) is 17.6 Å². The lowest BCUT2D eigenvalue weighted by atomic mass is 10.0. The van der Waals surface area contributed by atoms with Gasteiger partial charge in [-0.05, 0) is 68.6 Å². The molecule has 1 unspecified atom stereocenters. The Bertz CT molecular complexity index is 2220. The number of benzene rings is 1. The second-order valence-corrected chi connectivity index (χ2v) is 13.4. The Labute approximate surface area is 309 Å². The Kier molecular flexibility index (Phi) is 9.52. The van der Waals surface area contributed by atoms with Crippen molar-refractivity contribution < 1.29 is 23.9 Å². The number of hydrogen-bond acceptors (Lipinski definition) is 14. The van der Waals surface area contributed by atoms with Crippen molar-refractivity contribution in [1.29, 1.82) is 0 Å². The van der Waals surface area contributed by atoms with Crippen molar-refractivity contribution in [3.05, 3.63) is 78.4 Å². The van der Waals surface area contributed by atoms with Gasteiger partial charge in [0.15, 0.2) is 0 Å². The summed E-state index contributed by atoms with van der Waals surface area (Å²) in [4.78, 5) is 73.3. The Morgan fingerprint density at radius 1 is 0.852 bits per heavy atom. The molecule has 3 aliphatic rings. The van der Waals surface area contributed by atoms with Gasteiger partial charge >= 0.3 is 0 Å². The predicted molar refractivity (Wildman–Crippen MR) is 197 cm³/mol. The maximum Gasteiger partial charge on any atom is 0.266 e. The van der Waals surface area contributed by atoms with Crippen LogP contribution in [0.25, 0.3) is 16.8 Å². The maximum atomic E-state index is 13.3. The largest absolute Gasteiger partial charge is 0.493 e. The number of nitrogens with zero attached hydrogens (tertiary/aromatic N) is 9. The number of unbranched alkanes of at least 4 members (excludes halogenated alkanes) is 2. The maximum absolute atomic E-state index is 13.3. The molecule has 8 rings (SSSR count). The molecule has 17 nitrogen and oxygen atoms in total. The molecule has 17 heteroatoms. The van der Waals surface area contributed by atoms with Gasteiger partial charge in [0.2, 0.25) is 23.7 Å². The molecular weight excluding hydrogens is 692 g/mol. The zero-order valence-electron chi connectivity index (χ0n) is 29.3. The fourth-order valence-corrected chi connectivity index (χ4v) is 7.03. The highest BCUT2D eigenvalue weighted by molar-refractivity contribution is 6.24. The van der Waals surface area contributed by atoms with Gasteiger partial charge in [-0.15, -0.1) is 5.10 Å². The number of fused-ring (bicyclic) bond motifs is 2. The number of aromatic nitrogens is 6. The lowest BCUT2D eigenvalue weighted by Gasteiger charge is -2.35. The third kappa shape index (κ3) is 7.00. The van der Waals surface area contributed by atoms with Crippen LogP contribution in [0.4, 0.5) is 23.4 Å². The van der Waals surface area contributed by atoms with E-state index in [4.69, 9.17) is 15.5 Å². The number of carbonyl (C=O) groups is 4. The minimum absolute atomic E-state index is 0.0722. The standard InChI is InChI=1S/C37H38N12O5/c38-36-40-19-23(20-41-36)27-9-8-25-22-42-37(45-49(25)27)43-24-7-11-30(39-21-24)47-16-14-46(15-17-47)13-2-1-3-18-54-29-6-4-5-26-32(29)35(53)48(34(26)52)28-10-12-31(50)44-33(28)51/h4-9,11,19-22,28H,1-3,10,12-18H2,(H,43,45)(H2,38,40,41)(H,44,50,51). The summed E-state index contributed by atoms with van der Waals surface area (Å²) in [7, 11) is 0. The number of anilines is 4. The van der Waals surface area contributed by atoms with Crippen LogP contribution < -0.4 is 26.0 Å². The normalized spacial score (nSPS) is 17.6. The van der Waals surface area contributed by atoms with E-state index in [0.717, 1.165) is 85.2 Å². The van der Waals surface area contributed by atoms with Crippen LogP contribution in [-0.2, 0) is 9.59 Å². The number of nitrogens with one attached hydrogen (secondary N) is 2. The molecule has 4 aromatic heterocycles. The third-order valence-corrected chi connectivity index (χ3v) is 9.87. The summed E-state index contributed by atoms with van der Waals surface area (Å²) >= 11 is 0. The number of nitrogen functional groups attached to an aromatic ring is 1. The molecule has 2 saturated heterocycles. The molecule has 1 aromatic carbocycles. The zero-order chi connectivity index (χ0) is 37.2. The second kappa shape index (κ2) is 14.9. The van der Waals surface area contributed by atoms with Crippen LogP contribution in [0.2, 0.25) is 0 Å². The van der Waals surface area contributed by atoms with Gasteiger partial charge in [-0.1, -0.05) is 6.07 Å². The minimum Gasteiger partial charge on any atom is -0.493 e. The van der Waals surface area contributed by atoms with Crippen LogP contribution in [0.5, 0.6) is 5.75 Å². The van der Waals surface area contributed by atoms with Gasteiger partial charge in [-0.2, -0.15) is 0 Å². The smallest absolute Gasteiger partial charge is 0.266 e. The molecule has 5 aromatic rings. The van der Waals surface area contributed by atoms with E-state index in [1.165, 1.54) is 0 Å². The van der Waals surface area contributed by atoms with Crippen molar-refractivity contribution in [3.8, 4) is 17.0 Å². The summed E-state index contributed by atoms with van der Waals surface area (Å²) in [6.45, 7) is 4.97. The number of ether oxygens (including phenoxy) is 1. The highest BCUT2D eigenvalue weighted by Gasteiger charge is 2.46. The highest BCUT2D eigenvalue weighted by Crippen LogP contribution is 2.34. The Morgan fingerprint density at radius 3 is 2.46 bits per heavy atom. The van der Waals surface area contributed by atoms with Crippen LogP contribution >= 0.6 is 0 Å². The number of piperidine rings is 1. The van der Waals surface area contributed by atoms with Crippen LogP contribution in [-0.4, -0.2) is 108 Å². The van der Waals surface area contributed by atoms with Gasteiger partial charge in [-0.3, -0.25) is 34.3 Å². The molecule has 4 amide bonds. The first-order chi connectivity index (χ1) is 26.3. The first kappa shape index (κ1) is 34.6. The van der Waals surface area contributed by atoms with Gasteiger partial charge in [0.05, 0.1) is 47.0 Å². The molecule has 2 fully saturated rings. The average molecular weight is 731 g/mol. The van der Waals surface area contributed by atoms with Crippen molar-refractivity contribution in [2.75, 3.05) is 55.3 Å². The molecule has 1 atom stereocenters. The molecule has 0 aliphatic carbocycles. The van der Waals surface area contributed by atoms with Crippen LogP contribution in [0.15, 0.2) is 67.3 Å². The number of imide groups is 2. The third-order valence-electron chi connectivity index (χ3n) is 9.87. The number of pyridine rings is 1. The van der Waals surface area contributed by atoms with Crippen molar-refractivity contribution in [2.45, 2.75) is 38.1 Å². The second-order valence-electron chi connectivity index (χ2n) is 13.4. The first-order valence-corrected chi connectivity index (χ1v) is 17.9. The van der Waals surface area contributed by atoms with E-state index in [9.17, 15) is 19.2 Å². The van der Waals surface area contributed by atoms with Crippen molar-refractivity contribution in [2.24, 2.45) is 0 Å². The fourth-order valence-electron chi connectivity index (χ4n) is 7.03. The number of hydrogen-bond donors (Lipinski definition) is 3. The number of rotatable bonds is 12. The van der Waals surface area contributed by atoms with E-state index in [0.29, 0.717) is 18.3 Å². The molecule has 4 N–H and O–H groups in total. The van der Waals surface area contributed by atoms with Crippen molar-refractivity contribution >= 4 is 52.5 Å². The topological polar surface area (TPSA) is 206 Å². The summed E-state index contributed by atoms with van der Waals surface area (Å²) in [6, 6.07) is 11.7. The molecule has 276 valence electrons. The number of amides is 4. The quantitative estimate of drug-likeness (QED) is 0.125. The van der Waals surface area contributed by atoms with Crippen molar-refractivity contribution in [1.82, 2.24) is 44.7 Å². The number of carbonyl (C=O) groups excluding carboxylic acids is 4. The van der Waals surface area contributed by atoms with E-state index in [1.54, 1.807) is 47.5 Å². The van der Waals surface area contributed by atoms with Crippen LogP contribution in [0.3, 0.4) is 0 Å². The first-order valence-electron chi connectivity index (χ1n) is 17.9. The SMILES string of the molecule is Nc1ncc(-c2ccc3cnc(Nc4ccc(N5CCN(CCCCCOc6cccc7c6C(=O)N(C6CCC(=O)NC6=O)C7=O)CC5)nc4)nn23)cn1. The molecule has 0 radical (unpaired) electrons. The van der Waals surface area contributed by atoms with E-state index >= 15 is 0 Å². The van der Waals surface area contributed by atoms with Crippen LogP contribution in [0, 0.1) is 0 Å². The van der Waals surface area contributed by atoms with Gasteiger partial charge in [0, 0.05) is 50.6 Å². The summed E-state index contributed by atoms with van der Waals surface area (Å²) in [5.41, 5.74) is 9.26. The summed E-state index contributed by atoms with van der Waals surface area (Å²) in [6.07, 6.45) is 9.77. The molecule has 0 spiro atoms. The highest BCUT2D eigenvalue weighted by atomic mass is 16.5. The molecule has 3 aliphatic heterocycles. The van der Waals surface area contributed by atoms with Gasteiger partial charge < -0.3 is 20.7 Å². The lowest BCUT2D eigenvalue weighted by Crippen LogP contribution is -2.54. The molecule has 54 heavy (non-hydrogen) atoms. The van der Waals surface area contributed by atoms with Gasteiger partial charge in [-0.25, -0.2) is 24.5 Å². The number of nitrogens with two attached hydrogens (primary N) is 1. The monoisotopic (exact) mass is 730 g/mol. The van der Waals surface area contributed by atoms with Crippen LogP contribution in [0.1, 0.15) is 52.8 Å². The molecule has 0 bridgehead atoms. The molecule has 0 saturated carbocycles. The molecular formula is C37H38N12O5. The summed E-state index contributed by atoms with van der Waals surface area (Å²) in [5.74, 6) is -0.260. The Balaban J connectivity index is 0.768. The van der Waals surface area contributed by atoms with E-state index in [-0.39, 0.29) is 29.9 Å². The van der Waals surface area contributed by atoms with Gasteiger partial charge in [0.25, 0.3) is 11.8 Å². The Hall–Kier alpha value is -6.49.